The Bertz CT molecular complexity index is 492. The smallest absolute Gasteiger partial charge is 0.317 e. The minimum Gasteiger partial charge on any atom is -0.508 e. The van der Waals surface area contributed by atoms with Crippen LogP contribution in [-0.4, -0.2) is 46.7 Å². The number of thioether (sulfide) groups is 1. The molecule has 0 heterocycles. The summed E-state index contributed by atoms with van der Waals surface area (Å²) in [7, 11) is 1.85. The van der Waals surface area contributed by atoms with E-state index < -0.39 is 0 Å². The first-order valence-electron chi connectivity index (χ1n) is 7.83. The summed E-state index contributed by atoms with van der Waals surface area (Å²) in [5.74, 6) is 0.270. The van der Waals surface area contributed by atoms with Crippen LogP contribution in [0.1, 0.15) is 31.7 Å². The van der Waals surface area contributed by atoms with E-state index in [1.54, 1.807) is 17.0 Å². The van der Waals surface area contributed by atoms with Crippen molar-refractivity contribution in [2.45, 2.75) is 49.9 Å². The molecule has 0 radical (unpaired) electrons. The molecule has 3 atom stereocenters. The van der Waals surface area contributed by atoms with Crippen molar-refractivity contribution in [2.75, 3.05) is 13.3 Å². The van der Waals surface area contributed by atoms with Gasteiger partial charge in [0.25, 0.3) is 0 Å². The predicted octanol–water partition coefficient (Wildman–Crippen LogP) is 3.25. The number of carbonyl (C=O) groups excluding carboxylic acids is 1. The average Bonchev–Trinajstić information content (AvgIpc) is 2.96. The lowest BCUT2D eigenvalue weighted by molar-refractivity contribution is 0.190. The van der Waals surface area contributed by atoms with Crippen LogP contribution in [0, 0.1) is 0 Å². The molecule has 0 aromatic heterocycles. The number of hydrogen-bond acceptors (Lipinski definition) is 3. The van der Waals surface area contributed by atoms with Crippen molar-refractivity contribution >= 4 is 17.8 Å². The molecule has 0 aliphatic heterocycles. The first kappa shape index (κ1) is 17.0. The third-order valence-corrected chi connectivity index (χ3v) is 5.59. The fourth-order valence-electron chi connectivity index (χ4n) is 2.87. The van der Waals surface area contributed by atoms with Gasteiger partial charge < -0.3 is 15.3 Å². The molecule has 2 amide bonds. The molecule has 0 unspecified atom stereocenters. The number of nitrogens with zero attached hydrogens (tertiary/aromatic N) is 1. The Kier molecular flexibility index (Phi) is 6.00. The number of nitrogens with one attached hydrogen (secondary N) is 1. The molecule has 1 aliphatic carbocycles. The van der Waals surface area contributed by atoms with Gasteiger partial charge in [0.2, 0.25) is 0 Å². The van der Waals surface area contributed by atoms with Crippen molar-refractivity contribution in [3.63, 3.8) is 0 Å². The van der Waals surface area contributed by atoms with Crippen molar-refractivity contribution in [3.05, 3.63) is 29.8 Å². The van der Waals surface area contributed by atoms with Gasteiger partial charge in [-0.1, -0.05) is 12.1 Å². The molecule has 1 aromatic carbocycles. The van der Waals surface area contributed by atoms with Gasteiger partial charge in [0.05, 0.1) is 0 Å². The van der Waals surface area contributed by atoms with Gasteiger partial charge in [-0.05, 0) is 56.6 Å². The molecular weight excluding hydrogens is 296 g/mol. The van der Waals surface area contributed by atoms with Crippen LogP contribution in [0.15, 0.2) is 24.3 Å². The van der Waals surface area contributed by atoms with Crippen LogP contribution in [0.25, 0.3) is 0 Å². The third-order valence-electron chi connectivity index (χ3n) is 4.49. The van der Waals surface area contributed by atoms with E-state index in [0.29, 0.717) is 11.3 Å². The lowest BCUT2D eigenvalue weighted by Gasteiger charge is -2.27. The van der Waals surface area contributed by atoms with E-state index in [0.717, 1.165) is 24.8 Å². The Morgan fingerprint density at radius 1 is 1.41 bits per heavy atom. The van der Waals surface area contributed by atoms with Crippen molar-refractivity contribution in [1.29, 1.82) is 0 Å². The number of urea groups is 1. The van der Waals surface area contributed by atoms with Crippen LogP contribution in [0.3, 0.4) is 0 Å². The number of rotatable bonds is 5. The molecule has 1 fully saturated rings. The maximum atomic E-state index is 12.3. The number of likely N-dealkylation sites (N-methyl/N-ethyl adjacent to an activating group) is 1. The van der Waals surface area contributed by atoms with Crippen molar-refractivity contribution in [2.24, 2.45) is 0 Å². The molecule has 4 nitrogen and oxygen atoms in total. The van der Waals surface area contributed by atoms with Gasteiger partial charge in [-0.15, -0.1) is 0 Å². The third kappa shape index (κ3) is 4.57. The highest BCUT2D eigenvalue weighted by Gasteiger charge is 2.27. The number of benzene rings is 1. The van der Waals surface area contributed by atoms with Gasteiger partial charge in [0, 0.05) is 24.4 Å². The molecule has 0 spiro atoms. The maximum Gasteiger partial charge on any atom is 0.317 e. The largest absolute Gasteiger partial charge is 0.508 e. The van der Waals surface area contributed by atoms with E-state index in [4.69, 9.17) is 0 Å². The molecule has 22 heavy (non-hydrogen) atoms. The lowest BCUT2D eigenvalue weighted by atomic mass is 10.1. The Balaban J connectivity index is 1.83. The minimum absolute atomic E-state index is 0.0121. The van der Waals surface area contributed by atoms with Crippen LogP contribution < -0.4 is 5.32 Å². The average molecular weight is 322 g/mol. The Hall–Kier alpha value is -1.36. The first-order chi connectivity index (χ1) is 10.5. The molecule has 0 saturated heterocycles. The quantitative estimate of drug-likeness (QED) is 0.875. The van der Waals surface area contributed by atoms with Gasteiger partial charge in [0.15, 0.2) is 0 Å². The van der Waals surface area contributed by atoms with E-state index >= 15 is 0 Å². The normalized spacial score (nSPS) is 22.3. The van der Waals surface area contributed by atoms with Gasteiger partial charge in [-0.25, -0.2) is 4.79 Å². The van der Waals surface area contributed by atoms with Gasteiger partial charge >= 0.3 is 6.03 Å². The standard InChI is InChI=1S/C17H26N2O2S/c1-12(10-13-4-7-15(20)8-5-13)19(2)17(21)18-14-6-9-16(11-14)22-3/h4-5,7-8,12,14,16,20H,6,9-11H2,1-3H3,(H,18,21)/t12-,14-,16-/m0/s1. The number of carbonyl (C=O) groups is 1. The zero-order valence-electron chi connectivity index (χ0n) is 13.6. The van der Waals surface area contributed by atoms with Gasteiger partial charge in [0.1, 0.15) is 5.75 Å². The summed E-state index contributed by atoms with van der Waals surface area (Å²) in [6, 6.07) is 7.61. The van der Waals surface area contributed by atoms with E-state index in [1.165, 1.54) is 6.42 Å². The van der Waals surface area contributed by atoms with E-state index in [-0.39, 0.29) is 17.8 Å². The molecule has 122 valence electrons. The number of phenolic OH excluding ortho intramolecular Hbond substituents is 1. The van der Waals surface area contributed by atoms with Crippen molar-refractivity contribution in [3.8, 4) is 5.75 Å². The lowest BCUT2D eigenvalue weighted by Crippen LogP contribution is -2.46. The van der Waals surface area contributed by atoms with E-state index in [1.807, 2.05) is 37.9 Å². The molecule has 1 aliphatic rings. The molecule has 1 aromatic rings. The second-order valence-corrected chi connectivity index (χ2v) is 7.29. The Morgan fingerprint density at radius 3 is 2.68 bits per heavy atom. The second kappa shape index (κ2) is 7.77. The zero-order valence-corrected chi connectivity index (χ0v) is 14.4. The van der Waals surface area contributed by atoms with E-state index in [9.17, 15) is 9.90 Å². The fourth-order valence-corrected chi connectivity index (χ4v) is 3.67. The number of aromatic hydroxyl groups is 1. The summed E-state index contributed by atoms with van der Waals surface area (Å²) in [5, 5.41) is 13.2. The number of hydrogen-bond donors (Lipinski definition) is 2. The summed E-state index contributed by atoms with van der Waals surface area (Å²) < 4.78 is 0. The van der Waals surface area contributed by atoms with Crippen LogP contribution in [0.4, 0.5) is 4.79 Å². The van der Waals surface area contributed by atoms with Crippen molar-refractivity contribution < 1.29 is 9.90 Å². The Labute approximate surface area is 137 Å². The topological polar surface area (TPSA) is 52.6 Å². The molecule has 0 bridgehead atoms. The Morgan fingerprint density at radius 2 is 2.09 bits per heavy atom. The molecule has 5 heteroatoms. The number of phenols is 1. The SMILES string of the molecule is CS[C@H]1CC[C@H](NC(=O)N(C)[C@@H](C)Cc2ccc(O)cc2)C1. The maximum absolute atomic E-state index is 12.3. The zero-order chi connectivity index (χ0) is 16.1. The van der Waals surface area contributed by atoms with Crippen molar-refractivity contribution in [1.82, 2.24) is 10.2 Å². The van der Waals surface area contributed by atoms with E-state index in [2.05, 4.69) is 11.6 Å². The van der Waals surface area contributed by atoms with Crippen LogP contribution >= 0.6 is 11.8 Å². The summed E-state index contributed by atoms with van der Waals surface area (Å²) in [5.41, 5.74) is 1.12. The summed E-state index contributed by atoms with van der Waals surface area (Å²) in [6.45, 7) is 2.05. The first-order valence-corrected chi connectivity index (χ1v) is 9.12. The predicted molar refractivity (Wildman–Crippen MR) is 92.5 cm³/mol. The molecule has 1 saturated carbocycles. The number of amides is 2. The second-order valence-electron chi connectivity index (χ2n) is 6.15. The highest BCUT2D eigenvalue weighted by Crippen LogP contribution is 2.28. The summed E-state index contributed by atoms with van der Waals surface area (Å²) >= 11 is 1.90. The fraction of sp³-hybridized carbons (Fsp3) is 0.588. The highest BCUT2D eigenvalue weighted by atomic mass is 32.2. The minimum atomic E-state index is 0.0121. The summed E-state index contributed by atoms with van der Waals surface area (Å²) in [4.78, 5) is 14.1. The van der Waals surface area contributed by atoms with Crippen LogP contribution in [-0.2, 0) is 6.42 Å². The summed E-state index contributed by atoms with van der Waals surface area (Å²) in [6.07, 6.45) is 6.27. The molecule has 2 N–H and O–H groups in total. The highest BCUT2D eigenvalue weighted by molar-refractivity contribution is 7.99. The molecular formula is C17H26N2O2S. The van der Waals surface area contributed by atoms with Crippen LogP contribution in [0.5, 0.6) is 5.75 Å². The van der Waals surface area contributed by atoms with Gasteiger partial charge in [-0.2, -0.15) is 11.8 Å². The van der Waals surface area contributed by atoms with Crippen LogP contribution in [0.2, 0.25) is 0 Å². The van der Waals surface area contributed by atoms with Gasteiger partial charge in [-0.3, -0.25) is 0 Å². The monoisotopic (exact) mass is 322 g/mol. The molecule has 2 rings (SSSR count).